The summed E-state index contributed by atoms with van der Waals surface area (Å²) >= 11 is 0. The normalized spacial score (nSPS) is 31.6. The number of hydrogen-bond donors (Lipinski definition) is 1. The van der Waals surface area contributed by atoms with E-state index in [1.54, 1.807) is 0 Å². The molecule has 0 amide bonds. The number of ether oxygens (including phenoxy) is 2. The molecule has 104 valence electrons. The molecular weight excluding hydrogens is 228 g/mol. The molecule has 0 spiro atoms. The summed E-state index contributed by atoms with van der Waals surface area (Å²) in [5, 5.41) is 12.5. The Bertz CT molecular complexity index is 280. The Morgan fingerprint density at radius 1 is 1.39 bits per heavy atom. The van der Waals surface area contributed by atoms with Crippen LogP contribution in [0.4, 0.5) is 0 Å². The van der Waals surface area contributed by atoms with Crippen LogP contribution in [0.5, 0.6) is 0 Å². The maximum absolute atomic E-state index is 9.23. The molecule has 0 radical (unpaired) electrons. The van der Waals surface area contributed by atoms with Gasteiger partial charge in [0.05, 0.1) is 31.0 Å². The molecule has 0 aromatic heterocycles. The van der Waals surface area contributed by atoms with E-state index < -0.39 is 5.54 Å². The fourth-order valence-electron chi connectivity index (χ4n) is 2.29. The van der Waals surface area contributed by atoms with Gasteiger partial charge >= 0.3 is 0 Å². The molecule has 1 fully saturated rings. The van der Waals surface area contributed by atoms with Gasteiger partial charge in [0.25, 0.3) is 0 Å². The van der Waals surface area contributed by atoms with E-state index in [2.05, 4.69) is 32.2 Å². The summed E-state index contributed by atoms with van der Waals surface area (Å²) in [6, 6.07) is 2.31. The smallest absolute Gasteiger partial charge is 0.127 e. The fraction of sp³-hybridized carbons (Fsp3) is 0.929. The van der Waals surface area contributed by atoms with E-state index in [-0.39, 0.29) is 18.3 Å². The third kappa shape index (κ3) is 4.93. The highest BCUT2D eigenvalue weighted by Gasteiger charge is 2.29. The van der Waals surface area contributed by atoms with Gasteiger partial charge in [-0.05, 0) is 46.6 Å². The van der Waals surface area contributed by atoms with E-state index in [1.165, 1.54) is 0 Å². The van der Waals surface area contributed by atoms with Crippen molar-refractivity contribution >= 4 is 0 Å². The zero-order valence-corrected chi connectivity index (χ0v) is 12.0. The van der Waals surface area contributed by atoms with Crippen LogP contribution in [0.2, 0.25) is 0 Å². The Kier molecular flexibility index (Phi) is 6.07. The Hall–Kier alpha value is -0.630. The highest BCUT2D eigenvalue weighted by molar-refractivity contribution is 5.04. The van der Waals surface area contributed by atoms with Crippen LogP contribution in [0.1, 0.15) is 47.0 Å². The van der Waals surface area contributed by atoms with Crippen LogP contribution in [0.25, 0.3) is 0 Å². The van der Waals surface area contributed by atoms with Crippen molar-refractivity contribution in [3.05, 3.63) is 0 Å². The predicted molar refractivity (Wildman–Crippen MR) is 71.3 cm³/mol. The topological polar surface area (TPSA) is 54.3 Å². The van der Waals surface area contributed by atoms with Crippen molar-refractivity contribution in [3.8, 4) is 6.07 Å². The van der Waals surface area contributed by atoms with Crippen LogP contribution >= 0.6 is 0 Å². The summed E-state index contributed by atoms with van der Waals surface area (Å²) < 4.78 is 11.6. The standard InChI is InChI=1S/C14H26N2O2/c1-5-6-16-14(4,9-15)10-17-13-7-11(2)18-12(3)8-13/h11-13,16H,5-8,10H2,1-4H3. The lowest BCUT2D eigenvalue weighted by atomic mass is 10.0. The minimum absolute atomic E-state index is 0.208. The molecule has 1 rings (SSSR count). The molecule has 1 N–H and O–H groups in total. The van der Waals surface area contributed by atoms with Crippen LogP contribution in [-0.2, 0) is 9.47 Å². The zero-order valence-electron chi connectivity index (χ0n) is 12.0. The van der Waals surface area contributed by atoms with Gasteiger partial charge in [-0.3, -0.25) is 5.32 Å². The van der Waals surface area contributed by atoms with Gasteiger partial charge in [-0.25, -0.2) is 0 Å². The van der Waals surface area contributed by atoms with Crippen molar-refractivity contribution in [2.75, 3.05) is 13.2 Å². The van der Waals surface area contributed by atoms with Gasteiger partial charge in [0, 0.05) is 0 Å². The van der Waals surface area contributed by atoms with Crippen LogP contribution in [-0.4, -0.2) is 37.0 Å². The molecule has 1 aliphatic rings. The predicted octanol–water partition coefficient (Wildman–Crippen LogP) is 2.24. The Labute approximate surface area is 111 Å². The lowest BCUT2D eigenvalue weighted by molar-refractivity contribution is -0.107. The molecule has 3 atom stereocenters. The zero-order chi connectivity index (χ0) is 13.6. The monoisotopic (exact) mass is 254 g/mol. The number of hydrogen-bond acceptors (Lipinski definition) is 4. The minimum atomic E-state index is -0.583. The van der Waals surface area contributed by atoms with Gasteiger partial charge in [0.2, 0.25) is 0 Å². The largest absolute Gasteiger partial charge is 0.375 e. The van der Waals surface area contributed by atoms with Crippen LogP contribution in [0.15, 0.2) is 0 Å². The van der Waals surface area contributed by atoms with E-state index >= 15 is 0 Å². The van der Waals surface area contributed by atoms with Gasteiger partial charge < -0.3 is 9.47 Å². The van der Waals surface area contributed by atoms with Crippen molar-refractivity contribution in [3.63, 3.8) is 0 Å². The highest BCUT2D eigenvalue weighted by Crippen LogP contribution is 2.22. The second kappa shape index (κ2) is 7.08. The summed E-state index contributed by atoms with van der Waals surface area (Å²) in [5.41, 5.74) is -0.583. The van der Waals surface area contributed by atoms with E-state index in [0.29, 0.717) is 6.61 Å². The lowest BCUT2D eigenvalue weighted by Crippen LogP contribution is -2.47. The third-order valence-electron chi connectivity index (χ3n) is 3.27. The van der Waals surface area contributed by atoms with Crippen LogP contribution < -0.4 is 5.32 Å². The summed E-state index contributed by atoms with van der Waals surface area (Å²) in [5.74, 6) is 0. The van der Waals surface area contributed by atoms with Crippen LogP contribution in [0.3, 0.4) is 0 Å². The molecule has 0 bridgehead atoms. The number of nitriles is 1. The van der Waals surface area contributed by atoms with Crippen molar-refractivity contribution in [1.82, 2.24) is 5.32 Å². The van der Waals surface area contributed by atoms with Gasteiger partial charge in [0.15, 0.2) is 0 Å². The summed E-state index contributed by atoms with van der Waals surface area (Å²) in [4.78, 5) is 0. The van der Waals surface area contributed by atoms with E-state index in [9.17, 15) is 5.26 Å². The maximum Gasteiger partial charge on any atom is 0.127 e. The molecule has 0 saturated carbocycles. The van der Waals surface area contributed by atoms with Gasteiger partial charge in [-0.2, -0.15) is 5.26 Å². The first-order valence-electron chi connectivity index (χ1n) is 6.92. The third-order valence-corrected chi connectivity index (χ3v) is 3.27. The second-order valence-corrected chi connectivity index (χ2v) is 5.53. The Morgan fingerprint density at radius 2 is 2.00 bits per heavy atom. The molecule has 0 aromatic rings. The molecule has 0 aliphatic carbocycles. The van der Waals surface area contributed by atoms with Crippen molar-refractivity contribution in [2.45, 2.75) is 70.8 Å². The number of nitrogens with one attached hydrogen (secondary N) is 1. The quantitative estimate of drug-likeness (QED) is 0.790. The Balaban J connectivity index is 2.40. The first kappa shape index (κ1) is 15.4. The fourth-order valence-corrected chi connectivity index (χ4v) is 2.29. The van der Waals surface area contributed by atoms with E-state index in [0.717, 1.165) is 25.8 Å². The molecule has 4 heteroatoms. The Morgan fingerprint density at radius 3 is 2.50 bits per heavy atom. The molecular formula is C14H26N2O2. The molecule has 1 aliphatic heterocycles. The number of rotatable bonds is 6. The molecule has 3 unspecified atom stereocenters. The van der Waals surface area contributed by atoms with Crippen molar-refractivity contribution in [2.24, 2.45) is 0 Å². The summed E-state index contributed by atoms with van der Waals surface area (Å²) in [6.07, 6.45) is 3.55. The first-order valence-corrected chi connectivity index (χ1v) is 6.92. The maximum atomic E-state index is 9.23. The van der Waals surface area contributed by atoms with E-state index in [4.69, 9.17) is 9.47 Å². The van der Waals surface area contributed by atoms with Crippen LogP contribution in [0, 0.1) is 11.3 Å². The van der Waals surface area contributed by atoms with Gasteiger partial charge in [-0.15, -0.1) is 0 Å². The molecule has 18 heavy (non-hydrogen) atoms. The van der Waals surface area contributed by atoms with Crippen molar-refractivity contribution < 1.29 is 9.47 Å². The molecule has 0 aromatic carbocycles. The summed E-state index contributed by atoms with van der Waals surface area (Å²) in [6.45, 7) is 9.42. The number of nitrogens with zero attached hydrogens (tertiary/aromatic N) is 1. The average molecular weight is 254 g/mol. The van der Waals surface area contributed by atoms with Gasteiger partial charge in [0.1, 0.15) is 5.54 Å². The highest BCUT2D eigenvalue weighted by atomic mass is 16.5. The SMILES string of the molecule is CCCNC(C)(C#N)COC1CC(C)OC(C)C1. The lowest BCUT2D eigenvalue weighted by Gasteiger charge is -2.34. The molecule has 1 heterocycles. The average Bonchev–Trinajstić information content (AvgIpc) is 2.33. The minimum Gasteiger partial charge on any atom is -0.375 e. The van der Waals surface area contributed by atoms with Gasteiger partial charge in [-0.1, -0.05) is 6.92 Å². The first-order chi connectivity index (χ1) is 8.49. The van der Waals surface area contributed by atoms with Crippen molar-refractivity contribution in [1.29, 1.82) is 5.26 Å². The summed E-state index contributed by atoms with van der Waals surface area (Å²) in [7, 11) is 0. The second-order valence-electron chi connectivity index (χ2n) is 5.53. The molecule has 1 saturated heterocycles. The van der Waals surface area contributed by atoms with E-state index in [1.807, 2.05) is 6.92 Å². The molecule has 4 nitrogen and oxygen atoms in total.